The van der Waals surface area contributed by atoms with Crippen molar-refractivity contribution in [1.29, 1.82) is 0 Å². The van der Waals surface area contributed by atoms with Gasteiger partial charge in [-0.3, -0.25) is 14.2 Å². The van der Waals surface area contributed by atoms with Crippen LogP contribution in [0.4, 0.5) is 0 Å². The molecule has 0 spiro atoms. The van der Waals surface area contributed by atoms with Gasteiger partial charge in [0.2, 0.25) is 5.91 Å². The molecule has 0 unspecified atom stereocenters. The lowest BCUT2D eigenvalue weighted by Crippen LogP contribution is -2.34. The van der Waals surface area contributed by atoms with E-state index in [4.69, 9.17) is 0 Å². The molecule has 1 aliphatic rings. The van der Waals surface area contributed by atoms with Gasteiger partial charge in [-0.2, -0.15) is 0 Å². The van der Waals surface area contributed by atoms with Crippen LogP contribution in [0.1, 0.15) is 51.9 Å². The summed E-state index contributed by atoms with van der Waals surface area (Å²) in [4.78, 5) is 30.0. The molecule has 1 N–H and O–H groups in total. The number of nitrogens with one attached hydrogen (secondary N) is 1. The molecule has 27 heavy (non-hydrogen) atoms. The van der Waals surface area contributed by atoms with Gasteiger partial charge >= 0.3 is 0 Å². The van der Waals surface area contributed by atoms with Gasteiger partial charge in [0, 0.05) is 17.1 Å². The van der Waals surface area contributed by atoms with Gasteiger partial charge in [0.1, 0.15) is 0 Å². The number of hydrogen-bond acceptors (Lipinski definition) is 4. The van der Waals surface area contributed by atoms with E-state index in [1.54, 1.807) is 4.57 Å². The fourth-order valence-electron chi connectivity index (χ4n) is 3.47. The van der Waals surface area contributed by atoms with Crippen molar-refractivity contribution in [2.75, 3.05) is 5.75 Å². The molecular weight excluding hydrogens is 426 g/mol. The van der Waals surface area contributed by atoms with Crippen LogP contribution in [-0.4, -0.2) is 27.3 Å². The fourth-order valence-corrected chi connectivity index (χ4v) is 4.67. The second-order valence-electron chi connectivity index (χ2n) is 7.06. The van der Waals surface area contributed by atoms with Crippen molar-refractivity contribution in [3.63, 3.8) is 0 Å². The Bertz CT molecular complexity index is 862. The van der Waals surface area contributed by atoms with E-state index in [1.807, 2.05) is 18.2 Å². The van der Waals surface area contributed by atoms with Crippen molar-refractivity contribution in [3.05, 3.63) is 33.0 Å². The molecular formula is C20H26BrN3O2S. The van der Waals surface area contributed by atoms with Crippen molar-refractivity contribution in [1.82, 2.24) is 14.9 Å². The van der Waals surface area contributed by atoms with E-state index in [0.29, 0.717) is 34.4 Å². The SMILES string of the molecule is CCCCCn1c(SCC(=O)NC2CCCC2)nc2ccc(Br)cc2c1=O. The molecule has 1 aliphatic carbocycles. The van der Waals surface area contributed by atoms with Crippen LogP contribution in [0.3, 0.4) is 0 Å². The second-order valence-corrected chi connectivity index (χ2v) is 8.92. The highest BCUT2D eigenvalue weighted by Crippen LogP contribution is 2.22. The van der Waals surface area contributed by atoms with Crippen LogP contribution in [-0.2, 0) is 11.3 Å². The summed E-state index contributed by atoms with van der Waals surface area (Å²) in [6.45, 7) is 2.77. The monoisotopic (exact) mass is 451 g/mol. The number of unbranched alkanes of at least 4 members (excludes halogenated alkanes) is 2. The molecule has 1 heterocycles. The number of fused-ring (bicyclic) bond motifs is 1. The van der Waals surface area contributed by atoms with Gasteiger partial charge in [-0.15, -0.1) is 0 Å². The van der Waals surface area contributed by atoms with E-state index in [9.17, 15) is 9.59 Å². The summed E-state index contributed by atoms with van der Waals surface area (Å²) in [6.07, 6.45) is 7.61. The molecule has 0 radical (unpaired) electrons. The van der Waals surface area contributed by atoms with Crippen LogP contribution in [0.5, 0.6) is 0 Å². The van der Waals surface area contributed by atoms with Gasteiger partial charge in [-0.1, -0.05) is 60.3 Å². The van der Waals surface area contributed by atoms with E-state index < -0.39 is 0 Å². The third-order valence-electron chi connectivity index (χ3n) is 4.92. The molecule has 1 amide bonds. The molecule has 146 valence electrons. The average Bonchev–Trinajstić information content (AvgIpc) is 3.15. The first kappa shape index (κ1) is 20.4. The van der Waals surface area contributed by atoms with Gasteiger partial charge in [-0.25, -0.2) is 4.98 Å². The first-order chi connectivity index (χ1) is 13.1. The second kappa shape index (κ2) is 9.73. The Hall–Kier alpha value is -1.34. The molecule has 0 bridgehead atoms. The molecule has 1 fully saturated rings. The molecule has 0 saturated heterocycles. The third-order valence-corrected chi connectivity index (χ3v) is 6.39. The maximum atomic E-state index is 13.0. The summed E-state index contributed by atoms with van der Waals surface area (Å²) >= 11 is 4.79. The van der Waals surface area contributed by atoms with Crippen LogP contribution in [0.2, 0.25) is 0 Å². The highest BCUT2D eigenvalue weighted by Gasteiger charge is 2.18. The topological polar surface area (TPSA) is 64.0 Å². The molecule has 2 aromatic rings. The maximum Gasteiger partial charge on any atom is 0.262 e. The molecule has 0 atom stereocenters. The Morgan fingerprint density at radius 2 is 2.11 bits per heavy atom. The van der Waals surface area contributed by atoms with E-state index in [1.165, 1.54) is 24.6 Å². The largest absolute Gasteiger partial charge is 0.353 e. The number of hydrogen-bond donors (Lipinski definition) is 1. The summed E-state index contributed by atoms with van der Waals surface area (Å²) in [5.74, 6) is 0.316. The van der Waals surface area contributed by atoms with E-state index in [-0.39, 0.29) is 11.5 Å². The fraction of sp³-hybridized carbons (Fsp3) is 0.550. The molecule has 5 nitrogen and oxygen atoms in total. The Morgan fingerprint density at radius 3 is 2.85 bits per heavy atom. The van der Waals surface area contributed by atoms with Crippen LogP contribution < -0.4 is 10.9 Å². The first-order valence-electron chi connectivity index (χ1n) is 9.70. The van der Waals surface area contributed by atoms with Crippen molar-refractivity contribution in [2.24, 2.45) is 0 Å². The lowest BCUT2D eigenvalue weighted by molar-refractivity contribution is -0.119. The average molecular weight is 452 g/mol. The third kappa shape index (κ3) is 5.35. The number of amides is 1. The van der Waals surface area contributed by atoms with Crippen molar-refractivity contribution in [2.45, 2.75) is 69.6 Å². The highest BCUT2D eigenvalue weighted by molar-refractivity contribution is 9.10. The van der Waals surface area contributed by atoms with Gasteiger partial charge in [-0.05, 0) is 37.5 Å². The minimum Gasteiger partial charge on any atom is -0.353 e. The van der Waals surface area contributed by atoms with E-state index >= 15 is 0 Å². The van der Waals surface area contributed by atoms with Crippen molar-refractivity contribution < 1.29 is 4.79 Å². The van der Waals surface area contributed by atoms with Crippen LogP contribution in [0.25, 0.3) is 10.9 Å². The number of aromatic nitrogens is 2. The number of nitrogens with zero attached hydrogens (tertiary/aromatic N) is 2. The number of thioether (sulfide) groups is 1. The lowest BCUT2D eigenvalue weighted by Gasteiger charge is -2.14. The summed E-state index contributed by atoms with van der Waals surface area (Å²) in [5, 5.41) is 4.34. The Kier molecular flexibility index (Phi) is 7.35. The van der Waals surface area contributed by atoms with Crippen LogP contribution in [0.15, 0.2) is 32.6 Å². The standard InChI is InChI=1S/C20H26BrN3O2S/c1-2-3-6-11-24-19(26)16-12-14(21)9-10-17(16)23-20(24)27-13-18(25)22-15-7-4-5-8-15/h9-10,12,15H,2-8,11,13H2,1H3,(H,22,25). The number of carbonyl (C=O) groups is 1. The predicted octanol–water partition coefficient (Wildman–Crippen LogP) is 4.50. The molecule has 7 heteroatoms. The summed E-state index contributed by atoms with van der Waals surface area (Å²) in [6, 6.07) is 5.87. The summed E-state index contributed by atoms with van der Waals surface area (Å²) < 4.78 is 2.60. The molecule has 3 rings (SSSR count). The van der Waals surface area contributed by atoms with E-state index in [2.05, 4.69) is 33.2 Å². The smallest absolute Gasteiger partial charge is 0.262 e. The Balaban J connectivity index is 1.80. The van der Waals surface area contributed by atoms with Crippen molar-refractivity contribution in [3.8, 4) is 0 Å². The summed E-state index contributed by atoms with van der Waals surface area (Å²) in [5.41, 5.74) is 0.643. The number of benzene rings is 1. The quantitative estimate of drug-likeness (QED) is 0.364. The predicted molar refractivity (Wildman–Crippen MR) is 114 cm³/mol. The lowest BCUT2D eigenvalue weighted by atomic mass is 10.2. The zero-order valence-electron chi connectivity index (χ0n) is 15.7. The van der Waals surface area contributed by atoms with Gasteiger partial charge in [0.05, 0.1) is 16.7 Å². The minimum atomic E-state index is -0.0314. The summed E-state index contributed by atoms with van der Waals surface area (Å²) in [7, 11) is 0. The Labute approximate surface area is 172 Å². The number of rotatable bonds is 8. The van der Waals surface area contributed by atoms with Gasteiger partial charge in [0.15, 0.2) is 5.16 Å². The molecule has 1 aromatic carbocycles. The Morgan fingerprint density at radius 1 is 1.33 bits per heavy atom. The van der Waals surface area contributed by atoms with Gasteiger partial charge in [0.25, 0.3) is 5.56 Å². The zero-order chi connectivity index (χ0) is 19.2. The normalized spacial score (nSPS) is 14.7. The highest BCUT2D eigenvalue weighted by atomic mass is 79.9. The zero-order valence-corrected chi connectivity index (χ0v) is 18.1. The molecule has 1 aromatic heterocycles. The van der Waals surface area contributed by atoms with Gasteiger partial charge < -0.3 is 5.32 Å². The van der Waals surface area contributed by atoms with Crippen LogP contribution in [0, 0.1) is 0 Å². The number of halogens is 1. The molecule has 1 saturated carbocycles. The maximum absolute atomic E-state index is 13.0. The van der Waals surface area contributed by atoms with Crippen LogP contribution >= 0.6 is 27.7 Å². The number of carbonyl (C=O) groups excluding carboxylic acids is 1. The molecule has 0 aliphatic heterocycles. The van der Waals surface area contributed by atoms with E-state index in [0.717, 1.165) is 36.6 Å². The van der Waals surface area contributed by atoms with Crippen molar-refractivity contribution >= 4 is 44.5 Å². The first-order valence-corrected chi connectivity index (χ1v) is 11.5. The minimum absolute atomic E-state index is 0.0251.